The molecular formula is C16H24ClN. The summed E-state index contributed by atoms with van der Waals surface area (Å²) in [5.74, 6) is 0.935. The maximum atomic E-state index is 6.25. The number of rotatable bonds is 5. The summed E-state index contributed by atoms with van der Waals surface area (Å²) in [5, 5.41) is 0.867. The second-order valence-electron chi connectivity index (χ2n) is 5.79. The van der Waals surface area contributed by atoms with Crippen molar-refractivity contribution in [2.75, 3.05) is 0 Å². The van der Waals surface area contributed by atoms with E-state index in [9.17, 15) is 0 Å². The van der Waals surface area contributed by atoms with Gasteiger partial charge in [-0.05, 0) is 49.3 Å². The molecule has 0 amide bonds. The first-order valence-corrected chi connectivity index (χ1v) is 7.53. The van der Waals surface area contributed by atoms with E-state index < -0.39 is 0 Å². The minimum absolute atomic E-state index is 0.255. The number of aryl methyl sites for hydroxylation is 1. The van der Waals surface area contributed by atoms with E-state index in [1.165, 1.54) is 43.2 Å². The van der Waals surface area contributed by atoms with Gasteiger partial charge in [-0.15, -0.1) is 0 Å². The highest BCUT2D eigenvalue weighted by atomic mass is 35.5. The van der Waals surface area contributed by atoms with E-state index in [4.69, 9.17) is 17.3 Å². The molecule has 1 unspecified atom stereocenters. The molecule has 1 aromatic rings. The van der Waals surface area contributed by atoms with Crippen molar-refractivity contribution in [1.82, 2.24) is 0 Å². The summed E-state index contributed by atoms with van der Waals surface area (Å²) in [4.78, 5) is 0. The fraction of sp³-hybridized carbons (Fsp3) is 0.625. The van der Waals surface area contributed by atoms with Crippen LogP contribution in [0.25, 0.3) is 0 Å². The van der Waals surface area contributed by atoms with Crippen molar-refractivity contribution in [3.8, 4) is 0 Å². The third kappa shape index (κ3) is 4.00. The Hall–Kier alpha value is -0.530. The standard InChI is InChI=1S/C16H24ClN/c1-12-6-8-14(16(17)10-12)11-15(18)9-7-13-4-2-3-5-13/h6,8,10,13,15H,2-5,7,9,11,18H2,1H3. The third-order valence-corrected chi connectivity index (χ3v) is 4.46. The molecular weight excluding hydrogens is 242 g/mol. The van der Waals surface area contributed by atoms with Crippen LogP contribution in [-0.2, 0) is 6.42 Å². The Balaban J connectivity index is 1.80. The lowest BCUT2D eigenvalue weighted by molar-refractivity contribution is 0.447. The van der Waals surface area contributed by atoms with E-state index in [-0.39, 0.29) is 6.04 Å². The van der Waals surface area contributed by atoms with Crippen LogP contribution < -0.4 is 5.73 Å². The van der Waals surface area contributed by atoms with Crippen molar-refractivity contribution in [3.63, 3.8) is 0 Å². The topological polar surface area (TPSA) is 26.0 Å². The summed E-state index contributed by atoms with van der Waals surface area (Å²) < 4.78 is 0. The molecule has 0 bridgehead atoms. The average Bonchev–Trinajstić information content (AvgIpc) is 2.83. The van der Waals surface area contributed by atoms with E-state index in [0.717, 1.165) is 23.8 Å². The van der Waals surface area contributed by atoms with Gasteiger partial charge in [0.05, 0.1) is 0 Å². The molecule has 0 heterocycles. The van der Waals surface area contributed by atoms with Crippen molar-refractivity contribution >= 4 is 11.6 Å². The van der Waals surface area contributed by atoms with Crippen molar-refractivity contribution in [2.45, 2.75) is 57.9 Å². The highest BCUT2D eigenvalue weighted by molar-refractivity contribution is 6.31. The van der Waals surface area contributed by atoms with Crippen LogP contribution in [0.1, 0.15) is 49.7 Å². The van der Waals surface area contributed by atoms with Gasteiger partial charge in [-0.1, -0.05) is 49.4 Å². The van der Waals surface area contributed by atoms with Crippen LogP contribution in [-0.4, -0.2) is 6.04 Å². The van der Waals surface area contributed by atoms with Crippen molar-refractivity contribution in [1.29, 1.82) is 0 Å². The summed E-state index contributed by atoms with van der Waals surface area (Å²) in [5.41, 5.74) is 8.64. The van der Waals surface area contributed by atoms with Gasteiger partial charge in [-0.2, -0.15) is 0 Å². The van der Waals surface area contributed by atoms with Crippen LogP contribution >= 0.6 is 11.6 Å². The number of benzene rings is 1. The van der Waals surface area contributed by atoms with E-state index in [1.54, 1.807) is 0 Å². The molecule has 18 heavy (non-hydrogen) atoms. The van der Waals surface area contributed by atoms with Crippen LogP contribution in [0, 0.1) is 12.8 Å². The Morgan fingerprint density at radius 2 is 2.06 bits per heavy atom. The normalized spacial score (nSPS) is 18.2. The van der Waals surface area contributed by atoms with Gasteiger partial charge in [-0.3, -0.25) is 0 Å². The summed E-state index contributed by atoms with van der Waals surface area (Å²) >= 11 is 6.25. The maximum absolute atomic E-state index is 6.25. The average molecular weight is 266 g/mol. The molecule has 0 spiro atoms. The first kappa shape index (κ1) is 13.9. The third-order valence-electron chi connectivity index (χ3n) is 4.11. The quantitative estimate of drug-likeness (QED) is 0.834. The Bertz CT molecular complexity index is 383. The first-order valence-electron chi connectivity index (χ1n) is 7.16. The van der Waals surface area contributed by atoms with Crippen molar-refractivity contribution in [3.05, 3.63) is 34.3 Å². The first-order chi connectivity index (χ1) is 8.65. The molecule has 1 aliphatic rings. The lowest BCUT2D eigenvalue weighted by atomic mass is 9.95. The zero-order valence-electron chi connectivity index (χ0n) is 11.3. The Morgan fingerprint density at radius 3 is 2.72 bits per heavy atom. The molecule has 2 rings (SSSR count). The predicted octanol–water partition coefficient (Wildman–Crippen LogP) is 4.49. The molecule has 0 aromatic heterocycles. The van der Waals surface area contributed by atoms with E-state index in [0.29, 0.717) is 0 Å². The maximum Gasteiger partial charge on any atom is 0.0441 e. The Kier molecular flexibility index (Phi) is 5.08. The van der Waals surface area contributed by atoms with Crippen molar-refractivity contribution in [2.24, 2.45) is 11.7 Å². The summed E-state index contributed by atoms with van der Waals surface area (Å²) in [6.07, 6.45) is 9.01. The number of halogens is 1. The van der Waals surface area contributed by atoms with Crippen LogP contribution in [0.5, 0.6) is 0 Å². The molecule has 0 radical (unpaired) electrons. The zero-order chi connectivity index (χ0) is 13.0. The van der Waals surface area contributed by atoms with Crippen LogP contribution in [0.2, 0.25) is 5.02 Å². The number of hydrogen-bond donors (Lipinski definition) is 1. The highest BCUT2D eigenvalue weighted by Gasteiger charge is 2.16. The molecule has 1 fully saturated rings. The van der Waals surface area contributed by atoms with Gasteiger partial charge in [0.25, 0.3) is 0 Å². The summed E-state index contributed by atoms with van der Waals surface area (Å²) in [6, 6.07) is 6.52. The summed E-state index contributed by atoms with van der Waals surface area (Å²) in [7, 11) is 0. The number of nitrogens with two attached hydrogens (primary N) is 1. The molecule has 0 saturated heterocycles. The smallest absolute Gasteiger partial charge is 0.0441 e. The lowest BCUT2D eigenvalue weighted by Gasteiger charge is -2.15. The predicted molar refractivity (Wildman–Crippen MR) is 79.1 cm³/mol. The monoisotopic (exact) mass is 265 g/mol. The molecule has 2 N–H and O–H groups in total. The summed E-state index contributed by atoms with van der Waals surface area (Å²) in [6.45, 7) is 2.07. The number of hydrogen-bond acceptors (Lipinski definition) is 1. The van der Waals surface area contributed by atoms with Crippen LogP contribution in [0.3, 0.4) is 0 Å². The highest BCUT2D eigenvalue weighted by Crippen LogP contribution is 2.29. The van der Waals surface area contributed by atoms with E-state index in [2.05, 4.69) is 19.1 Å². The molecule has 100 valence electrons. The molecule has 1 aliphatic carbocycles. The van der Waals surface area contributed by atoms with Gasteiger partial charge in [0.15, 0.2) is 0 Å². The van der Waals surface area contributed by atoms with Gasteiger partial charge in [-0.25, -0.2) is 0 Å². The fourth-order valence-electron chi connectivity index (χ4n) is 2.95. The van der Waals surface area contributed by atoms with Crippen LogP contribution in [0.15, 0.2) is 18.2 Å². The zero-order valence-corrected chi connectivity index (χ0v) is 12.0. The van der Waals surface area contributed by atoms with Gasteiger partial charge >= 0.3 is 0 Å². The van der Waals surface area contributed by atoms with E-state index in [1.807, 2.05) is 6.07 Å². The van der Waals surface area contributed by atoms with Crippen LogP contribution in [0.4, 0.5) is 0 Å². The molecule has 2 heteroatoms. The largest absolute Gasteiger partial charge is 0.327 e. The van der Waals surface area contributed by atoms with Gasteiger partial charge in [0, 0.05) is 11.1 Å². The Morgan fingerprint density at radius 1 is 1.33 bits per heavy atom. The second kappa shape index (κ2) is 6.58. The van der Waals surface area contributed by atoms with Gasteiger partial charge < -0.3 is 5.73 Å². The second-order valence-corrected chi connectivity index (χ2v) is 6.19. The molecule has 1 aromatic carbocycles. The minimum atomic E-state index is 0.255. The molecule has 1 saturated carbocycles. The minimum Gasteiger partial charge on any atom is -0.327 e. The SMILES string of the molecule is Cc1ccc(CC(N)CCC2CCCC2)c(Cl)c1. The Labute approximate surface area is 116 Å². The molecule has 1 atom stereocenters. The fourth-order valence-corrected chi connectivity index (χ4v) is 3.26. The van der Waals surface area contributed by atoms with E-state index >= 15 is 0 Å². The van der Waals surface area contributed by atoms with Gasteiger partial charge in [0.1, 0.15) is 0 Å². The van der Waals surface area contributed by atoms with Gasteiger partial charge in [0.2, 0.25) is 0 Å². The molecule has 1 nitrogen and oxygen atoms in total. The lowest BCUT2D eigenvalue weighted by Crippen LogP contribution is -2.23. The molecule has 0 aliphatic heterocycles. The van der Waals surface area contributed by atoms with Crippen molar-refractivity contribution < 1.29 is 0 Å².